The summed E-state index contributed by atoms with van der Waals surface area (Å²) in [6.45, 7) is 1.64. The number of benzene rings is 2. The van der Waals surface area contributed by atoms with Crippen LogP contribution in [0, 0.1) is 10.1 Å². The molecule has 0 saturated carbocycles. The molecule has 0 fully saturated rings. The molecule has 0 saturated heterocycles. The van der Waals surface area contributed by atoms with Gasteiger partial charge in [0.2, 0.25) is 0 Å². The average Bonchev–Trinajstić information content (AvgIpc) is 3.33. The van der Waals surface area contributed by atoms with E-state index in [1.54, 1.807) is 24.3 Å². The number of carbonyl (C=O) groups is 1. The number of hydrogen-bond donors (Lipinski definition) is 2. The largest absolute Gasteiger partial charge is 0.419 e. The van der Waals surface area contributed by atoms with Crippen LogP contribution in [0.15, 0.2) is 56.7 Å². The highest BCUT2D eigenvalue weighted by Crippen LogP contribution is 2.20. The number of aliphatic imine (C=N–C) groups is 1. The number of hydrogen-bond acceptors (Lipinski definition) is 8. The summed E-state index contributed by atoms with van der Waals surface area (Å²) in [5.41, 5.74) is 1.71. The fourth-order valence-corrected chi connectivity index (χ4v) is 3.10. The first-order valence-electron chi connectivity index (χ1n) is 8.98. The molecular formula is C19H17N5O5. The lowest BCUT2D eigenvalue weighted by Crippen LogP contribution is -2.26. The average molecular weight is 395 g/mol. The van der Waals surface area contributed by atoms with E-state index < -0.39 is 10.7 Å². The Morgan fingerprint density at radius 1 is 1.28 bits per heavy atom. The molecule has 2 heterocycles. The van der Waals surface area contributed by atoms with Crippen molar-refractivity contribution in [2.24, 2.45) is 4.99 Å². The van der Waals surface area contributed by atoms with Gasteiger partial charge >= 0.3 is 5.76 Å². The highest BCUT2D eigenvalue weighted by molar-refractivity contribution is 5.98. The Labute approximate surface area is 164 Å². The molecule has 3 aromatic rings. The van der Waals surface area contributed by atoms with Crippen LogP contribution in [-0.4, -0.2) is 34.3 Å². The van der Waals surface area contributed by atoms with Gasteiger partial charge in [-0.2, -0.15) is 0 Å². The van der Waals surface area contributed by atoms with Crippen LogP contribution >= 0.6 is 0 Å². The van der Waals surface area contributed by atoms with Gasteiger partial charge in [-0.25, -0.2) is 4.79 Å². The van der Waals surface area contributed by atoms with Crippen molar-refractivity contribution in [2.75, 3.05) is 18.4 Å². The van der Waals surface area contributed by atoms with Crippen molar-refractivity contribution < 1.29 is 14.1 Å². The molecule has 2 aromatic carbocycles. The number of nitro groups is 1. The second-order valence-corrected chi connectivity index (χ2v) is 6.46. The topological polar surface area (TPSA) is 132 Å². The van der Waals surface area contributed by atoms with Crippen LogP contribution in [0.25, 0.3) is 11.1 Å². The number of aromatic nitrogens is 1. The van der Waals surface area contributed by atoms with Crippen molar-refractivity contribution in [3.8, 4) is 0 Å². The van der Waals surface area contributed by atoms with E-state index in [4.69, 9.17) is 4.42 Å². The lowest BCUT2D eigenvalue weighted by Gasteiger charge is -2.07. The number of Topliss-reactive ketones (excluding diaryl/α,β-unsaturated/α-hetero) is 1. The second kappa shape index (κ2) is 7.58. The van der Waals surface area contributed by atoms with Crippen LogP contribution in [0.2, 0.25) is 0 Å². The lowest BCUT2D eigenvalue weighted by atomic mass is 10.1. The summed E-state index contributed by atoms with van der Waals surface area (Å²) < 4.78 is 6.38. The molecule has 0 spiro atoms. The summed E-state index contributed by atoms with van der Waals surface area (Å²) in [5, 5.41) is 17.1. The Hall–Kier alpha value is -3.95. The van der Waals surface area contributed by atoms with E-state index in [0.717, 1.165) is 18.8 Å². The number of carbonyl (C=O) groups excluding carboxylic acids is 1. The Bertz CT molecular complexity index is 1180. The normalized spacial score (nSPS) is 13.2. The second-order valence-electron chi connectivity index (χ2n) is 6.46. The van der Waals surface area contributed by atoms with Gasteiger partial charge in [-0.1, -0.05) is 0 Å². The van der Waals surface area contributed by atoms with Gasteiger partial charge in [-0.15, -0.1) is 0 Å². The summed E-state index contributed by atoms with van der Waals surface area (Å²) >= 11 is 0. The summed E-state index contributed by atoms with van der Waals surface area (Å²) in [6.07, 6.45) is 0.0898. The molecule has 1 aromatic heterocycles. The van der Waals surface area contributed by atoms with Gasteiger partial charge in [-0.05, 0) is 30.3 Å². The molecular weight excluding hydrogens is 378 g/mol. The summed E-state index contributed by atoms with van der Waals surface area (Å²) in [4.78, 5) is 39.1. The molecule has 1 aliphatic rings. The first-order chi connectivity index (χ1) is 14.0. The van der Waals surface area contributed by atoms with E-state index in [1.807, 2.05) is 0 Å². The summed E-state index contributed by atoms with van der Waals surface area (Å²) in [6, 6.07) is 10.9. The Kier molecular flexibility index (Phi) is 4.82. The van der Waals surface area contributed by atoms with E-state index in [9.17, 15) is 19.7 Å². The van der Waals surface area contributed by atoms with E-state index in [1.165, 1.54) is 22.8 Å². The van der Waals surface area contributed by atoms with Crippen LogP contribution in [0.1, 0.15) is 16.8 Å². The van der Waals surface area contributed by atoms with E-state index in [0.29, 0.717) is 17.0 Å². The molecule has 4 rings (SSSR count). The molecule has 0 radical (unpaired) electrons. The van der Waals surface area contributed by atoms with E-state index >= 15 is 0 Å². The Balaban J connectivity index is 1.44. The minimum absolute atomic E-state index is 0.0898. The van der Waals surface area contributed by atoms with Crippen LogP contribution < -0.4 is 16.4 Å². The van der Waals surface area contributed by atoms with Crippen molar-refractivity contribution in [3.63, 3.8) is 0 Å². The number of nitrogens with zero attached hydrogens (tertiary/aromatic N) is 3. The minimum Gasteiger partial charge on any atom is -0.407 e. The van der Waals surface area contributed by atoms with Gasteiger partial charge in [0.05, 0.1) is 23.1 Å². The van der Waals surface area contributed by atoms with Gasteiger partial charge in [-0.3, -0.25) is 24.5 Å². The molecule has 0 unspecified atom stereocenters. The number of anilines is 1. The summed E-state index contributed by atoms with van der Waals surface area (Å²) in [7, 11) is 0. The molecule has 10 heteroatoms. The van der Waals surface area contributed by atoms with E-state index in [-0.39, 0.29) is 30.0 Å². The predicted molar refractivity (Wildman–Crippen MR) is 106 cm³/mol. The number of guanidine groups is 1. The molecule has 1 aliphatic heterocycles. The Morgan fingerprint density at radius 3 is 2.76 bits per heavy atom. The fourth-order valence-electron chi connectivity index (χ4n) is 3.10. The molecule has 2 N–H and O–H groups in total. The minimum atomic E-state index is -0.655. The van der Waals surface area contributed by atoms with Gasteiger partial charge < -0.3 is 15.1 Å². The number of nitro benzene ring substituents is 1. The first kappa shape index (κ1) is 18.4. The molecule has 0 aliphatic carbocycles. The first-order valence-corrected chi connectivity index (χ1v) is 8.98. The zero-order valence-electron chi connectivity index (χ0n) is 15.3. The van der Waals surface area contributed by atoms with Crippen LogP contribution in [0.4, 0.5) is 11.4 Å². The molecule has 0 amide bonds. The molecule has 29 heavy (non-hydrogen) atoms. The number of aryl methyl sites for hydroxylation is 1. The maximum absolute atomic E-state index is 12.5. The zero-order valence-corrected chi connectivity index (χ0v) is 15.3. The zero-order chi connectivity index (χ0) is 20.4. The van der Waals surface area contributed by atoms with Gasteiger partial charge in [0.15, 0.2) is 17.3 Å². The number of fused-ring (bicyclic) bond motifs is 1. The SMILES string of the molecule is O=C(CCn1c(=O)oc2cc([N+](=O)[O-])ccc21)c1ccc(NC2=NCCN2)cc1. The maximum Gasteiger partial charge on any atom is 0.419 e. The predicted octanol–water partition coefficient (Wildman–Crippen LogP) is 2.15. The third-order valence-corrected chi connectivity index (χ3v) is 4.57. The molecule has 10 nitrogen and oxygen atoms in total. The van der Waals surface area contributed by atoms with Crippen molar-refractivity contribution in [3.05, 3.63) is 68.7 Å². The van der Waals surface area contributed by atoms with Crippen LogP contribution in [0.5, 0.6) is 0 Å². The highest BCUT2D eigenvalue weighted by Gasteiger charge is 2.15. The smallest absolute Gasteiger partial charge is 0.407 e. The number of ketones is 1. The van der Waals surface area contributed by atoms with Crippen LogP contribution in [-0.2, 0) is 6.54 Å². The van der Waals surface area contributed by atoms with Crippen molar-refractivity contribution in [2.45, 2.75) is 13.0 Å². The molecule has 0 atom stereocenters. The summed E-state index contributed by atoms with van der Waals surface area (Å²) in [5.74, 6) is -0.0794. The monoisotopic (exact) mass is 395 g/mol. The van der Waals surface area contributed by atoms with Crippen LogP contribution in [0.3, 0.4) is 0 Å². The maximum atomic E-state index is 12.5. The number of oxazole rings is 1. The highest BCUT2D eigenvalue weighted by atomic mass is 16.6. The van der Waals surface area contributed by atoms with Gasteiger partial charge in [0.1, 0.15) is 0 Å². The molecule has 148 valence electrons. The third-order valence-electron chi connectivity index (χ3n) is 4.57. The Morgan fingerprint density at radius 2 is 2.07 bits per heavy atom. The fraction of sp³-hybridized carbons (Fsp3) is 0.211. The van der Waals surface area contributed by atoms with Crippen molar-refractivity contribution in [1.29, 1.82) is 0 Å². The van der Waals surface area contributed by atoms with Gasteiger partial charge in [0, 0.05) is 36.8 Å². The lowest BCUT2D eigenvalue weighted by molar-refractivity contribution is -0.384. The number of non-ortho nitro benzene ring substituents is 1. The van der Waals surface area contributed by atoms with E-state index in [2.05, 4.69) is 15.6 Å². The quantitative estimate of drug-likeness (QED) is 0.371. The number of nitrogens with one attached hydrogen (secondary N) is 2. The van der Waals surface area contributed by atoms with Gasteiger partial charge in [0.25, 0.3) is 5.69 Å². The van der Waals surface area contributed by atoms with Crippen molar-refractivity contribution in [1.82, 2.24) is 9.88 Å². The molecule has 0 bridgehead atoms. The van der Waals surface area contributed by atoms with Crippen molar-refractivity contribution >= 4 is 34.2 Å². The third kappa shape index (κ3) is 3.86. The number of rotatable bonds is 6. The standard InChI is InChI=1S/C19H17N5O5/c25-16(12-1-3-13(4-2-12)22-18-20-8-9-21-18)7-10-23-15-6-5-14(24(27)28)11-17(15)29-19(23)26/h1-6,11H,7-10H2,(H2,20,21,22).